The average molecular weight is 264 g/mol. The van der Waals surface area contributed by atoms with Crippen LogP contribution in [0.25, 0.3) is 0 Å². The Balaban J connectivity index is 2.07. The molecule has 0 amide bonds. The number of hydrogen-bond donors (Lipinski definition) is 1. The fourth-order valence-electron chi connectivity index (χ4n) is 1.58. The van der Waals surface area contributed by atoms with Crippen LogP contribution in [0.2, 0.25) is 0 Å². The highest BCUT2D eigenvalue weighted by atomic mass is 32.2. The maximum atomic E-state index is 5.69. The second kappa shape index (κ2) is 5.10. The highest BCUT2D eigenvalue weighted by molar-refractivity contribution is 8.00. The second-order valence-corrected chi connectivity index (χ2v) is 6.41. The van der Waals surface area contributed by atoms with E-state index >= 15 is 0 Å². The lowest BCUT2D eigenvalue weighted by Gasteiger charge is -2.04. The first-order valence-electron chi connectivity index (χ1n) is 5.48. The van der Waals surface area contributed by atoms with E-state index in [0.717, 1.165) is 11.4 Å². The molecule has 0 bridgehead atoms. The van der Waals surface area contributed by atoms with E-state index in [2.05, 4.69) is 37.0 Å². The Morgan fingerprint density at radius 2 is 2.00 bits per heavy atom. The van der Waals surface area contributed by atoms with Gasteiger partial charge in [0.05, 0.1) is 9.90 Å². The van der Waals surface area contributed by atoms with Crippen molar-refractivity contribution in [3.63, 3.8) is 0 Å². The first kappa shape index (κ1) is 12.5. The van der Waals surface area contributed by atoms with E-state index in [1.165, 1.54) is 20.9 Å². The average Bonchev–Trinajstić information content (AvgIpc) is 2.59. The first-order valence-corrected chi connectivity index (χ1v) is 7.28. The van der Waals surface area contributed by atoms with Crippen molar-refractivity contribution >= 4 is 28.2 Å². The zero-order chi connectivity index (χ0) is 12.4. The molecule has 0 atom stereocenters. The number of nitrogens with zero attached hydrogens (tertiary/aromatic N) is 1. The Labute approximate surface area is 110 Å². The largest absolute Gasteiger partial charge is 0.375 e. The molecule has 0 unspecified atom stereocenters. The van der Waals surface area contributed by atoms with Crippen LogP contribution in [0, 0.1) is 20.8 Å². The van der Waals surface area contributed by atoms with E-state index in [-0.39, 0.29) is 0 Å². The van der Waals surface area contributed by atoms with Crippen molar-refractivity contribution in [1.29, 1.82) is 0 Å². The summed E-state index contributed by atoms with van der Waals surface area (Å²) in [4.78, 5) is 4.23. The van der Waals surface area contributed by atoms with Gasteiger partial charge in [0, 0.05) is 5.75 Å². The molecular formula is C13H16N2S2. The van der Waals surface area contributed by atoms with Crippen LogP contribution >= 0.6 is 23.1 Å². The van der Waals surface area contributed by atoms with Gasteiger partial charge in [-0.05, 0) is 37.5 Å². The lowest BCUT2D eigenvalue weighted by atomic mass is 10.1. The van der Waals surface area contributed by atoms with Crippen LogP contribution in [0.3, 0.4) is 0 Å². The summed E-state index contributed by atoms with van der Waals surface area (Å²) in [6, 6.07) is 6.62. The van der Waals surface area contributed by atoms with Crippen molar-refractivity contribution in [3.05, 3.63) is 40.6 Å². The molecule has 0 aliphatic heterocycles. The Morgan fingerprint density at radius 1 is 1.24 bits per heavy atom. The molecule has 90 valence electrons. The lowest BCUT2D eigenvalue weighted by Crippen LogP contribution is -1.85. The number of aromatic nitrogens is 1. The number of nitrogen functional groups attached to an aromatic ring is 1. The summed E-state index contributed by atoms with van der Waals surface area (Å²) < 4.78 is 1.22. The quantitative estimate of drug-likeness (QED) is 0.853. The highest BCUT2D eigenvalue weighted by Crippen LogP contribution is 2.32. The van der Waals surface area contributed by atoms with E-state index in [0.29, 0.717) is 5.13 Å². The summed E-state index contributed by atoms with van der Waals surface area (Å²) in [5, 5.41) is 0.657. The summed E-state index contributed by atoms with van der Waals surface area (Å²) >= 11 is 3.38. The van der Waals surface area contributed by atoms with Gasteiger partial charge in [-0.25, -0.2) is 4.98 Å². The van der Waals surface area contributed by atoms with Crippen molar-refractivity contribution in [2.24, 2.45) is 0 Å². The molecule has 0 aliphatic rings. The summed E-state index contributed by atoms with van der Waals surface area (Å²) in [7, 11) is 0. The number of hydrogen-bond acceptors (Lipinski definition) is 4. The SMILES string of the molecule is Cc1ccc(CSc2sc(N)nc2C)cc1C. The summed E-state index contributed by atoms with van der Waals surface area (Å²) in [5.41, 5.74) is 10.8. The van der Waals surface area contributed by atoms with Gasteiger partial charge in [0.15, 0.2) is 5.13 Å². The Kier molecular flexibility index (Phi) is 3.74. The van der Waals surface area contributed by atoms with E-state index < -0.39 is 0 Å². The molecule has 2 aromatic rings. The number of thioether (sulfide) groups is 1. The smallest absolute Gasteiger partial charge is 0.181 e. The molecule has 0 saturated heterocycles. The fraction of sp³-hybridized carbons (Fsp3) is 0.308. The third-order valence-corrected chi connectivity index (χ3v) is 5.13. The number of nitrogens with two attached hydrogens (primary N) is 1. The van der Waals surface area contributed by atoms with Crippen LogP contribution in [0.15, 0.2) is 22.4 Å². The Hall–Kier alpha value is -1.00. The van der Waals surface area contributed by atoms with Crippen LogP contribution in [-0.2, 0) is 5.75 Å². The molecule has 1 aromatic heterocycles. The second-order valence-electron chi connectivity index (χ2n) is 4.13. The summed E-state index contributed by atoms with van der Waals surface area (Å²) in [6.45, 7) is 6.30. The monoisotopic (exact) mass is 264 g/mol. The van der Waals surface area contributed by atoms with Crippen molar-refractivity contribution < 1.29 is 0 Å². The van der Waals surface area contributed by atoms with Gasteiger partial charge >= 0.3 is 0 Å². The molecular weight excluding hydrogens is 248 g/mol. The molecule has 2 nitrogen and oxygen atoms in total. The maximum absolute atomic E-state index is 5.69. The van der Waals surface area contributed by atoms with Gasteiger partial charge in [0.1, 0.15) is 0 Å². The molecule has 17 heavy (non-hydrogen) atoms. The molecule has 1 heterocycles. The third kappa shape index (κ3) is 3.01. The first-order chi connectivity index (χ1) is 8.06. The van der Waals surface area contributed by atoms with Gasteiger partial charge in [-0.1, -0.05) is 29.5 Å². The van der Waals surface area contributed by atoms with Gasteiger partial charge in [0.25, 0.3) is 0 Å². The molecule has 0 spiro atoms. The minimum absolute atomic E-state index is 0.657. The molecule has 1 aromatic carbocycles. The zero-order valence-electron chi connectivity index (χ0n) is 10.3. The number of aryl methyl sites for hydroxylation is 3. The van der Waals surface area contributed by atoms with Crippen LogP contribution in [0.1, 0.15) is 22.4 Å². The van der Waals surface area contributed by atoms with Crippen molar-refractivity contribution in [2.75, 3.05) is 5.73 Å². The number of benzene rings is 1. The van der Waals surface area contributed by atoms with Gasteiger partial charge < -0.3 is 5.73 Å². The van der Waals surface area contributed by atoms with E-state index in [1.807, 2.05) is 18.7 Å². The standard InChI is InChI=1S/C13H16N2S2/c1-8-4-5-11(6-9(8)2)7-16-12-10(3)15-13(14)17-12/h4-6H,7H2,1-3H3,(H2,14,15). The van der Waals surface area contributed by atoms with Crippen LogP contribution in [0.5, 0.6) is 0 Å². The number of thiazole rings is 1. The summed E-state index contributed by atoms with van der Waals surface area (Å²) in [5.74, 6) is 0.976. The predicted molar refractivity (Wildman–Crippen MR) is 76.7 cm³/mol. The normalized spacial score (nSPS) is 10.8. The third-order valence-electron chi connectivity index (χ3n) is 2.71. The highest BCUT2D eigenvalue weighted by Gasteiger charge is 2.06. The van der Waals surface area contributed by atoms with Crippen molar-refractivity contribution in [1.82, 2.24) is 4.98 Å². The molecule has 2 N–H and O–H groups in total. The minimum Gasteiger partial charge on any atom is -0.375 e. The Bertz CT molecular complexity index is 532. The van der Waals surface area contributed by atoms with Gasteiger partial charge in [-0.2, -0.15) is 0 Å². The number of rotatable bonds is 3. The van der Waals surface area contributed by atoms with Crippen LogP contribution < -0.4 is 5.73 Å². The van der Waals surface area contributed by atoms with Crippen LogP contribution in [-0.4, -0.2) is 4.98 Å². The molecule has 2 rings (SSSR count). The zero-order valence-corrected chi connectivity index (χ0v) is 11.9. The topological polar surface area (TPSA) is 38.9 Å². The molecule has 0 saturated carbocycles. The minimum atomic E-state index is 0.657. The maximum Gasteiger partial charge on any atom is 0.181 e. The fourth-order valence-corrected chi connectivity index (χ4v) is 3.55. The lowest BCUT2D eigenvalue weighted by molar-refractivity contribution is 1.21. The molecule has 0 aliphatic carbocycles. The number of anilines is 1. The molecule has 0 fully saturated rings. The summed E-state index contributed by atoms with van der Waals surface area (Å²) in [6.07, 6.45) is 0. The van der Waals surface area contributed by atoms with Crippen molar-refractivity contribution in [2.45, 2.75) is 30.7 Å². The molecule has 4 heteroatoms. The van der Waals surface area contributed by atoms with Crippen molar-refractivity contribution in [3.8, 4) is 0 Å². The van der Waals surface area contributed by atoms with E-state index in [4.69, 9.17) is 5.73 Å². The Morgan fingerprint density at radius 3 is 2.59 bits per heavy atom. The van der Waals surface area contributed by atoms with Gasteiger partial charge in [-0.3, -0.25) is 0 Å². The van der Waals surface area contributed by atoms with Crippen LogP contribution in [0.4, 0.5) is 5.13 Å². The van der Waals surface area contributed by atoms with E-state index in [1.54, 1.807) is 11.3 Å². The van der Waals surface area contributed by atoms with Gasteiger partial charge in [0.2, 0.25) is 0 Å². The molecule has 0 radical (unpaired) electrons. The van der Waals surface area contributed by atoms with E-state index in [9.17, 15) is 0 Å². The van der Waals surface area contributed by atoms with Gasteiger partial charge in [-0.15, -0.1) is 11.8 Å². The predicted octanol–water partition coefficient (Wildman–Crippen LogP) is 3.94.